The van der Waals surface area contributed by atoms with Crippen molar-refractivity contribution in [1.82, 2.24) is 0 Å². The minimum Gasteiger partial charge on any atom is -0.211 e. The third kappa shape index (κ3) is 1.12. The number of hydrogen-bond donors (Lipinski definition) is 0. The molecular formula is C8H11NO. The number of nitrogens with zero attached hydrogens (tertiary/aromatic N) is 1. The summed E-state index contributed by atoms with van der Waals surface area (Å²) in [6.07, 6.45) is 7.80. The maximum Gasteiger partial charge on any atom is 0.235 e. The molecule has 2 heteroatoms. The highest BCUT2D eigenvalue weighted by Gasteiger charge is 2.46. The zero-order valence-corrected chi connectivity index (χ0v) is 5.97. The molecule has 0 aromatic heterocycles. The molecule has 0 bridgehead atoms. The van der Waals surface area contributed by atoms with Gasteiger partial charge in [-0.25, -0.2) is 4.79 Å². The molecule has 0 spiro atoms. The fourth-order valence-corrected chi connectivity index (χ4v) is 1.46. The van der Waals surface area contributed by atoms with Gasteiger partial charge in [0.25, 0.3) is 0 Å². The van der Waals surface area contributed by atoms with Crippen LogP contribution in [-0.2, 0) is 4.79 Å². The van der Waals surface area contributed by atoms with Gasteiger partial charge in [-0.05, 0) is 25.2 Å². The fourth-order valence-electron chi connectivity index (χ4n) is 1.46. The van der Waals surface area contributed by atoms with Crippen molar-refractivity contribution >= 4 is 6.08 Å². The second kappa shape index (κ2) is 1.93. The molecule has 0 amide bonds. The van der Waals surface area contributed by atoms with E-state index in [4.69, 9.17) is 0 Å². The molecule has 0 unspecified atom stereocenters. The van der Waals surface area contributed by atoms with Crippen molar-refractivity contribution in [3.05, 3.63) is 0 Å². The van der Waals surface area contributed by atoms with Gasteiger partial charge in [0.2, 0.25) is 6.08 Å². The van der Waals surface area contributed by atoms with E-state index in [1.165, 1.54) is 12.8 Å². The molecule has 0 heterocycles. The van der Waals surface area contributed by atoms with Crippen LogP contribution in [0.1, 0.15) is 32.1 Å². The van der Waals surface area contributed by atoms with Crippen LogP contribution in [0.5, 0.6) is 0 Å². The minimum absolute atomic E-state index is 0.0862. The van der Waals surface area contributed by atoms with Crippen LogP contribution in [0.15, 0.2) is 4.99 Å². The van der Waals surface area contributed by atoms with Crippen LogP contribution in [0.25, 0.3) is 0 Å². The summed E-state index contributed by atoms with van der Waals surface area (Å²) in [7, 11) is 0. The average molecular weight is 137 g/mol. The van der Waals surface area contributed by atoms with Gasteiger partial charge in [0.15, 0.2) is 0 Å². The van der Waals surface area contributed by atoms with Crippen LogP contribution in [0, 0.1) is 5.92 Å². The Balaban J connectivity index is 1.93. The lowest BCUT2D eigenvalue weighted by Crippen LogP contribution is -2.04. The molecule has 0 N–H and O–H groups in total. The Morgan fingerprint density at radius 3 is 2.60 bits per heavy atom. The van der Waals surface area contributed by atoms with Crippen molar-refractivity contribution in [2.45, 2.75) is 37.6 Å². The van der Waals surface area contributed by atoms with Crippen molar-refractivity contribution < 1.29 is 4.79 Å². The van der Waals surface area contributed by atoms with Crippen LogP contribution < -0.4 is 0 Å². The van der Waals surface area contributed by atoms with Gasteiger partial charge in [0, 0.05) is 0 Å². The summed E-state index contributed by atoms with van der Waals surface area (Å²) in [5, 5.41) is 0. The first kappa shape index (κ1) is 6.11. The largest absolute Gasteiger partial charge is 0.235 e. The number of hydrogen-bond acceptors (Lipinski definition) is 2. The number of rotatable bonds is 3. The molecule has 0 saturated heterocycles. The maximum absolute atomic E-state index is 9.97. The number of isocyanates is 1. The number of carbonyl (C=O) groups excluding carboxylic acids is 1. The van der Waals surface area contributed by atoms with Crippen molar-refractivity contribution in [3.63, 3.8) is 0 Å². The molecule has 2 rings (SSSR count). The molecule has 0 atom stereocenters. The zero-order valence-electron chi connectivity index (χ0n) is 5.97. The molecule has 2 aliphatic rings. The molecule has 0 radical (unpaired) electrons. The van der Waals surface area contributed by atoms with Crippen molar-refractivity contribution in [3.8, 4) is 0 Å². The van der Waals surface area contributed by atoms with Gasteiger partial charge in [-0.3, -0.25) is 0 Å². The third-order valence-electron chi connectivity index (χ3n) is 2.48. The van der Waals surface area contributed by atoms with Crippen molar-refractivity contribution in [1.29, 1.82) is 0 Å². The van der Waals surface area contributed by atoms with Gasteiger partial charge >= 0.3 is 0 Å². The summed E-state index contributed by atoms with van der Waals surface area (Å²) in [5.74, 6) is 0.889. The molecule has 2 nitrogen and oxygen atoms in total. The second-order valence-electron chi connectivity index (χ2n) is 3.57. The summed E-state index contributed by atoms with van der Waals surface area (Å²) in [4.78, 5) is 13.8. The van der Waals surface area contributed by atoms with E-state index < -0.39 is 0 Å². The lowest BCUT2D eigenvalue weighted by atomic mass is 10.1. The van der Waals surface area contributed by atoms with E-state index in [-0.39, 0.29) is 5.54 Å². The Kier molecular flexibility index (Phi) is 1.18. The Labute approximate surface area is 60.3 Å². The lowest BCUT2D eigenvalue weighted by Gasteiger charge is -2.03. The summed E-state index contributed by atoms with van der Waals surface area (Å²) >= 11 is 0. The topological polar surface area (TPSA) is 29.4 Å². The highest BCUT2D eigenvalue weighted by atomic mass is 16.1. The monoisotopic (exact) mass is 137 g/mol. The molecule has 0 aromatic rings. The highest BCUT2D eigenvalue weighted by Crippen LogP contribution is 2.50. The zero-order chi connectivity index (χ0) is 7.03. The molecule has 2 fully saturated rings. The Morgan fingerprint density at radius 1 is 1.50 bits per heavy atom. The second-order valence-corrected chi connectivity index (χ2v) is 3.57. The van der Waals surface area contributed by atoms with Crippen LogP contribution in [0.2, 0.25) is 0 Å². The summed E-state index contributed by atoms with van der Waals surface area (Å²) < 4.78 is 0. The minimum atomic E-state index is 0.0862. The van der Waals surface area contributed by atoms with Gasteiger partial charge in [0.05, 0.1) is 5.54 Å². The van der Waals surface area contributed by atoms with E-state index >= 15 is 0 Å². The maximum atomic E-state index is 9.97. The molecule has 10 heavy (non-hydrogen) atoms. The first-order valence-electron chi connectivity index (χ1n) is 3.94. The summed E-state index contributed by atoms with van der Waals surface area (Å²) in [6, 6.07) is 0. The van der Waals surface area contributed by atoms with Crippen LogP contribution in [0.4, 0.5) is 0 Å². The standard InChI is InChI=1S/C8H11NO/c10-6-9-8(3-4-8)5-7-1-2-7/h7H,1-5H2. The fraction of sp³-hybridized carbons (Fsp3) is 0.875. The number of aliphatic imine (C=N–C) groups is 1. The van der Waals surface area contributed by atoms with Gasteiger partial charge in [-0.15, -0.1) is 0 Å². The lowest BCUT2D eigenvalue weighted by molar-refractivity contribution is 0.532. The van der Waals surface area contributed by atoms with E-state index in [0.29, 0.717) is 0 Å². The van der Waals surface area contributed by atoms with E-state index in [0.717, 1.165) is 25.2 Å². The Hall–Kier alpha value is -0.620. The van der Waals surface area contributed by atoms with Gasteiger partial charge in [-0.2, -0.15) is 4.99 Å². The molecular weight excluding hydrogens is 126 g/mol. The Bertz CT molecular complexity index is 185. The molecule has 2 aliphatic carbocycles. The van der Waals surface area contributed by atoms with Crippen LogP contribution in [-0.4, -0.2) is 11.6 Å². The van der Waals surface area contributed by atoms with Gasteiger partial charge in [-0.1, -0.05) is 12.8 Å². The van der Waals surface area contributed by atoms with E-state index in [1.54, 1.807) is 6.08 Å². The first-order valence-corrected chi connectivity index (χ1v) is 3.94. The predicted octanol–water partition coefficient (Wildman–Crippen LogP) is 1.65. The average Bonchev–Trinajstić information content (AvgIpc) is 2.73. The van der Waals surface area contributed by atoms with Gasteiger partial charge in [0.1, 0.15) is 0 Å². The van der Waals surface area contributed by atoms with Crippen molar-refractivity contribution in [2.24, 2.45) is 10.9 Å². The van der Waals surface area contributed by atoms with E-state index in [9.17, 15) is 4.79 Å². The molecule has 0 aromatic carbocycles. The SMILES string of the molecule is O=C=NC1(CC2CC2)CC1. The molecule has 54 valence electrons. The predicted molar refractivity (Wildman–Crippen MR) is 37.4 cm³/mol. The molecule has 0 aliphatic heterocycles. The smallest absolute Gasteiger partial charge is 0.211 e. The third-order valence-corrected chi connectivity index (χ3v) is 2.48. The van der Waals surface area contributed by atoms with E-state index in [2.05, 4.69) is 4.99 Å². The van der Waals surface area contributed by atoms with E-state index in [1.807, 2.05) is 0 Å². The highest BCUT2D eigenvalue weighted by molar-refractivity contribution is 5.36. The quantitative estimate of drug-likeness (QED) is 0.429. The Morgan fingerprint density at radius 2 is 2.20 bits per heavy atom. The summed E-state index contributed by atoms with van der Waals surface area (Å²) in [5.41, 5.74) is 0.0862. The van der Waals surface area contributed by atoms with Crippen molar-refractivity contribution in [2.75, 3.05) is 0 Å². The first-order chi connectivity index (χ1) is 4.85. The summed E-state index contributed by atoms with van der Waals surface area (Å²) in [6.45, 7) is 0. The normalized spacial score (nSPS) is 27.2. The molecule has 2 saturated carbocycles. The van der Waals surface area contributed by atoms with Crippen LogP contribution >= 0.6 is 0 Å². The van der Waals surface area contributed by atoms with Crippen LogP contribution in [0.3, 0.4) is 0 Å². The van der Waals surface area contributed by atoms with Gasteiger partial charge < -0.3 is 0 Å².